The van der Waals surface area contributed by atoms with E-state index in [1.165, 1.54) is 11.3 Å². The van der Waals surface area contributed by atoms with Gasteiger partial charge in [-0.2, -0.15) is 0 Å². The predicted molar refractivity (Wildman–Crippen MR) is 107 cm³/mol. The van der Waals surface area contributed by atoms with Gasteiger partial charge in [0.25, 0.3) is 5.91 Å². The minimum absolute atomic E-state index is 0.258. The van der Waals surface area contributed by atoms with E-state index in [1.54, 1.807) is 13.2 Å². The topological polar surface area (TPSA) is 54.5 Å². The molecule has 0 radical (unpaired) electrons. The molecule has 1 aliphatic rings. The number of fused-ring (bicyclic) bond motifs is 1. The monoisotopic (exact) mass is 359 g/mol. The highest BCUT2D eigenvalue weighted by Gasteiger charge is 2.20. The molecule has 1 aliphatic heterocycles. The van der Waals surface area contributed by atoms with E-state index in [0.717, 1.165) is 25.2 Å². The lowest BCUT2D eigenvalue weighted by Crippen LogP contribution is -2.26. The first-order chi connectivity index (χ1) is 13.3. The zero-order chi connectivity index (χ0) is 18.6. The van der Waals surface area contributed by atoms with E-state index in [9.17, 15) is 4.79 Å². The molecular formula is C22H21N3O2. The normalized spacial score (nSPS) is 13.0. The zero-order valence-electron chi connectivity index (χ0n) is 15.2. The highest BCUT2D eigenvalue weighted by atomic mass is 16.5. The van der Waals surface area contributed by atoms with Crippen molar-refractivity contribution in [1.82, 2.24) is 4.98 Å². The highest BCUT2D eigenvalue weighted by molar-refractivity contribution is 6.04. The third-order valence-corrected chi connectivity index (χ3v) is 4.71. The Morgan fingerprint density at radius 3 is 2.74 bits per heavy atom. The van der Waals surface area contributed by atoms with Crippen LogP contribution in [0.25, 0.3) is 0 Å². The van der Waals surface area contributed by atoms with Crippen LogP contribution in [0.1, 0.15) is 22.5 Å². The molecule has 1 N–H and O–H groups in total. The summed E-state index contributed by atoms with van der Waals surface area (Å²) in [6, 6.07) is 21.2. The summed E-state index contributed by atoms with van der Waals surface area (Å²) in [4.78, 5) is 19.5. The lowest BCUT2D eigenvalue weighted by Gasteiger charge is -2.30. The Morgan fingerprint density at radius 2 is 1.85 bits per heavy atom. The molecule has 27 heavy (non-hydrogen) atoms. The number of hydrogen-bond donors (Lipinski definition) is 1. The fraction of sp³-hybridized carbons (Fsp3) is 0.182. The summed E-state index contributed by atoms with van der Waals surface area (Å²) >= 11 is 0. The Bertz CT molecular complexity index is 971. The largest absolute Gasteiger partial charge is 0.495 e. The fourth-order valence-corrected chi connectivity index (χ4v) is 3.41. The van der Waals surface area contributed by atoms with Crippen molar-refractivity contribution in [3.05, 3.63) is 78.0 Å². The summed E-state index contributed by atoms with van der Waals surface area (Å²) in [7, 11) is 1.58. The summed E-state index contributed by atoms with van der Waals surface area (Å²) in [6.07, 6.45) is 2.14. The van der Waals surface area contributed by atoms with Gasteiger partial charge in [0, 0.05) is 12.2 Å². The Labute approximate surface area is 158 Å². The molecule has 1 aromatic heterocycles. The lowest BCUT2D eigenvalue weighted by atomic mass is 10.0. The second kappa shape index (κ2) is 7.50. The summed E-state index contributed by atoms with van der Waals surface area (Å²) in [5.41, 5.74) is 3.48. The Kier molecular flexibility index (Phi) is 4.75. The molecule has 0 saturated heterocycles. The van der Waals surface area contributed by atoms with Crippen molar-refractivity contribution in [2.24, 2.45) is 0 Å². The molecule has 2 aromatic carbocycles. The molecule has 0 bridgehead atoms. The molecule has 0 fully saturated rings. The number of amides is 1. The Balaban J connectivity index is 1.61. The fourth-order valence-electron chi connectivity index (χ4n) is 3.41. The number of aromatic nitrogens is 1. The number of aryl methyl sites for hydroxylation is 1. The van der Waals surface area contributed by atoms with Crippen LogP contribution >= 0.6 is 0 Å². The van der Waals surface area contributed by atoms with E-state index in [-0.39, 0.29) is 5.91 Å². The van der Waals surface area contributed by atoms with Crippen LogP contribution in [0, 0.1) is 0 Å². The molecule has 0 spiro atoms. The number of nitrogens with one attached hydrogen (secondary N) is 1. The van der Waals surface area contributed by atoms with Gasteiger partial charge in [0.05, 0.1) is 12.8 Å². The van der Waals surface area contributed by atoms with E-state index in [4.69, 9.17) is 4.74 Å². The van der Waals surface area contributed by atoms with Crippen LogP contribution in [0.2, 0.25) is 0 Å². The molecule has 136 valence electrons. The van der Waals surface area contributed by atoms with Crippen LogP contribution in [-0.2, 0) is 6.42 Å². The lowest BCUT2D eigenvalue weighted by molar-refractivity contribution is 0.102. The number of pyridine rings is 1. The molecule has 2 heterocycles. The molecule has 1 amide bonds. The molecule has 3 aromatic rings. The SMILES string of the molecule is COc1ccccc1NC(=O)c1cccc(N2CCCc3ccccc32)n1. The van der Waals surface area contributed by atoms with E-state index in [1.807, 2.05) is 42.5 Å². The van der Waals surface area contributed by atoms with Gasteiger partial charge in [-0.25, -0.2) is 4.98 Å². The number of carbonyl (C=O) groups is 1. The molecule has 0 aliphatic carbocycles. The van der Waals surface area contributed by atoms with Crippen LogP contribution in [0.4, 0.5) is 17.2 Å². The van der Waals surface area contributed by atoms with E-state index in [0.29, 0.717) is 17.1 Å². The maximum Gasteiger partial charge on any atom is 0.274 e. The number of nitrogens with zero attached hydrogens (tertiary/aromatic N) is 2. The smallest absolute Gasteiger partial charge is 0.274 e. The van der Waals surface area contributed by atoms with Gasteiger partial charge in [-0.3, -0.25) is 4.79 Å². The van der Waals surface area contributed by atoms with Crippen LogP contribution in [0.5, 0.6) is 5.75 Å². The van der Waals surface area contributed by atoms with Crippen molar-refractivity contribution in [1.29, 1.82) is 0 Å². The predicted octanol–water partition coefficient (Wildman–Crippen LogP) is 4.43. The van der Waals surface area contributed by atoms with Crippen molar-refractivity contribution in [3.63, 3.8) is 0 Å². The highest BCUT2D eigenvalue weighted by Crippen LogP contribution is 2.32. The number of rotatable bonds is 4. The standard InChI is InChI=1S/C22H21N3O2/c1-27-20-13-5-3-10-17(20)24-22(26)18-11-6-14-21(23-18)25-15-7-9-16-8-2-4-12-19(16)25/h2-6,8,10-14H,7,9,15H2,1H3,(H,24,26). The van der Waals surface area contributed by atoms with Crippen molar-refractivity contribution >= 4 is 23.1 Å². The number of carbonyl (C=O) groups excluding carboxylic acids is 1. The number of hydrogen-bond acceptors (Lipinski definition) is 4. The van der Waals surface area contributed by atoms with Gasteiger partial charge in [0.2, 0.25) is 0 Å². The van der Waals surface area contributed by atoms with Gasteiger partial charge >= 0.3 is 0 Å². The molecular weight excluding hydrogens is 338 g/mol. The van der Waals surface area contributed by atoms with Gasteiger partial charge in [-0.1, -0.05) is 36.4 Å². The van der Waals surface area contributed by atoms with Crippen LogP contribution in [0.15, 0.2) is 66.7 Å². The van der Waals surface area contributed by atoms with Crippen molar-refractivity contribution < 1.29 is 9.53 Å². The van der Waals surface area contributed by atoms with Gasteiger partial charge in [-0.05, 0) is 48.7 Å². The minimum Gasteiger partial charge on any atom is -0.495 e. The maximum atomic E-state index is 12.7. The van der Waals surface area contributed by atoms with Gasteiger partial charge in [0.15, 0.2) is 0 Å². The van der Waals surface area contributed by atoms with Crippen molar-refractivity contribution in [2.75, 3.05) is 23.9 Å². The molecule has 0 saturated carbocycles. The number of anilines is 3. The Morgan fingerprint density at radius 1 is 1.04 bits per heavy atom. The summed E-state index contributed by atoms with van der Waals surface area (Å²) in [5, 5.41) is 2.88. The first-order valence-electron chi connectivity index (χ1n) is 9.03. The first-order valence-corrected chi connectivity index (χ1v) is 9.03. The average molecular weight is 359 g/mol. The average Bonchev–Trinajstić information content (AvgIpc) is 2.74. The first kappa shape index (κ1) is 17.1. The van der Waals surface area contributed by atoms with E-state index in [2.05, 4.69) is 33.4 Å². The molecule has 0 atom stereocenters. The van der Waals surface area contributed by atoms with E-state index >= 15 is 0 Å². The summed E-state index contributed by atoms with van der Waals surface area (Å²) in [6.45, 7) is 0.890. The van der Waals surface area contributed by atoms with E-state index < -0.39 is 0 Å². The molecule has 4 rings (SSSR count). The number of benzene rings is 2. The number of para-hydroxylation sites is 3. The van der Waals surface area contributed by atoms with Gasteiger partial charge in [-0.15, -0.1) is 0 Å². The number of ether oxygens (including phenoxy) is 1. The molecule has 0 unspecified atom stereocenters. The Hall–Kier alpha value is -3.34. The third-order valence-electron chi connectivity index (χ3n) is 4.71. The quantitative estimate of drug-likeness (QED) is 0.749. The van der Waals surface area contributed by atoms with Crippen LogP contribution in [-0.4, -0.2) is 24.5 Å². The maximum absolute atomic E-state index is 12.7. The minimum atomic E-state index is -0.258. The summed E-state index contributed by atoms with van der Waals surface area (Å²) in [5.74, 6) is 1.15. The van der Waals surface area contributed by atoms with Crippen molar-refractivity contribution in [2.45, 2.75) is 12.8 Å². The van der Waals surface area contributed by atoms with Crippen LogP contribution in [0.3, 0.4) is 0 Å². The second-order valence-electron chi connectivity index (χ2n) is 6.42. The number of methoxy groups -OCH3 is 1. The molecule has 5 nitrogen and oxygen atoms in total. The van der Waals surface area contributed by atoms with Gasteiger partial charge < -0.3 is 15.0 Å². The van der Waals surface area contributed by atoms with Gasteiger partial charge in [0.1, 0.15) is 17.3 Å². The third kappa shape index (κ3) is 3.49. The molecule has 5 heteroatoms. The second-order valence-corrected chi connectivity index (χ2v) is 6.42. The van der Waals surface area contributed by atoms with Crippen LogP contribution < -0.4 is 15.0 Å². The summed E-state index contributed by atoms with van der Waals surface area (Å²) < 4.78 is 5.30. The van der Waals surface area contributed by atoms with Crippen molar-refractivity contribution in [3.8, 4) is 5.75 Å². The zero-order valence-corrected chi connectivity index (χ0v) is 15.2.